The predicted molar refractivity (Wildman–Crippen MR) is 105 cm³/mol. The van der Waals surface area contributed by atoms with Gasteiger partial charge in [-0.25, -0.2) is 18.8 Å². The van der Waals surface area contributed by atoms with Crippen molar-refractivity contribution in [3.05, 3.63) is 53.1 Å². The van der Waals surface area contributed by atoms with E-state index in [0.717, 1.165) is 18.3 Å². The van der Waals surface area contributed by atoms with E-state index in [1.54, 1.807) is 0 Å². The minimum atomic E-state index is -4.84. The van der Waals surface area contributed by atoms with Gasteiger partial charge in [0.1, 0.15) is 23.9 Å². The van der Waals surface area contributed by atoms with Crippen LogP contribution in [0.3, 0.4) is 0 Å². The zero-order valence-corrected chi connectivity index (χ0v) is 17.2. The summed E-state index contributed by atoms with van der Waals surface area (Å²) in [6, 6.07) is 4.80. The first-order chi connectivity index (χ1) is 16.0. The van der Waals surface area contributed by atoms with Gasteiger partial charge in [-0.05, 0) is 29.8 Å². The summed E-state index contributed by atoms with van der Waals surface area (Å²) in [5.74, 6) is -0.926. The van der Waals surface area contributed by atoms with Crippen molar-refractivity contribution in [2.24, 2.45) is 10.7 Å². The number of nitrogens with zero attached hydrogens (tertiary/aromatic N) is 2. The van der Waals surface area contributed by atoms with Crippen LogP contribution in [0.1, 0.15) is 23.2 Å². The van der Waals surface area contributed by atoms with Gasteiger partial charge in [0.15, 0.2) is 18.3 Å². The lowest BCUT2D eigenvalue weighted by molar-refractivity contribution is -0.262. The summed E-state index contributed by atoms with van der Waals surface area (Å²) in [7, 11) is 0. The molecule has 1 unspecified atom stereocenters. The Morgan fingerprint density at radius 3 is 2.65 bits per heavy atom. The minimum absolute atomic E-state index is 0.0756. The van der Waals surface area contributed by atoms with Crippen LogP contribution >= 0.6 is 0 Å². The molecular weight excluding hydrogens is 475 g/mol. The number of hydrogen-bond donors (Lipinski definition) is 3. The predicted octanol–water partition coefficient (Wildman–Crippen LogP) is 3.35. The number of hydrogen-bond acceptors (Lipinski definition) is 7. The summed E-state index contributed by atoms with van der Waals surface area (Å²) in [6.45, 7) is -4.34. The topological polar surface area (TPSA) is 93.8 Å². The van der Waals surface area contributed by atoms with Crippen molar-refractivity contribution in [2.75, 3.05) is 6.67 Å². The number of halogens is 7. The van der Waals surface area contributed by atoms with Gasteiger partial charge in [0.2, 0.25) is 0 Å². The standard InChI is InChI=1S/C20H18F7N5O2/c21-8-19(5-15(20(25,26)27)34-18(28)32-19)11-4-14-9(3-12(11)22)6-30-16(31-14)13-2-1-10(7-29-13)33-17(23)24/h1-4,7,15,17-18,32H,5-6,8,28H2,(H,30,31)/t15-,18?,19+/m0/s1. The van der Waals surface area contributed by atoms with Crippen molar-refractivity contribution < 1.29 is 40.2 Å². The Morgan fingerprint density at radius 1 is 1.26 bits per heavy atom. The second kappa shape index (κ2) is 9.00. The number of benzene rings is 1. The van der Waals surface area contributed by atoms with Crippen LogP contribution in [0.2, 0.25) is 0 Å². The van der Waals surface area contributed by atoms with Crippen molar-refractivity contribution in [1.82, 2.24) is 15.6 Å². The van der Waals surface area contributed by atoms with Gasteiger partial charge in [-0.3, -0.25) is 11.1 Å². The largest absolute Gasteiger partial charge is 0.433 e. The van der Waals surface area contributed by atoms with Crippen LogP contribution in [-0.4, -0.2) is 42.7 Å². The fourth-order valence-electron chi connectivity index (χ4n) is 3.85. The fraction of sp³-hybridized carbons (Fsp3) is 0.400. The maximum absolute atomic E-state index is 15.0. The lowest BCUT2D eigenvalue weighted by atomic mass is 9.83. The molecule has 3 atom stereocenters. The second-order valence-corrected chi connectivity index (χ2v) is 7.68. The molecule has 4 rings (SSSR count). The fourth-order valence-corrected chi connectivity index (χ4v) is 3.85. The van der Waals surface area contributed by atoms with Crippen LogP contribution in [-0.2, 0) is 16.8 Å². The highest BCUT2D eigenvalue weighted by atomic mass is 19.4. The van der Waals surface area contributed by atoms with Crippen LogP contribution in [0.15, 0.2) is 35.5 Å². The van der Waals surface area contributed by atoms with Gasteiger partial charge in [-0.2, -0.15) is 22.0 Å². The third-order valence-corrected chi connectivity index (χ3v) is 5.42. The van der Waals surface area contributed by atoms with Gasteiger partial charge in [-0.15, -0.1) is 0 Å². The van der Waals surface area contributed by atoms with Crippen molar-refractivity contribution in [3.8, 4) is 5.75 Å². The molecule has 0 aliphatic carbocycles. The summed E-state index contributed by atoms with van der Waals surface area (Å²) in [6.07, 6.45) is -8.83. The smallest absolute Gasteiger partial charge is 0.414 e. The summed E-state index contributed by atoms with van der Waals surface area (Å²) in [5.41, 5.74) is 3.78. The summed E-state index contributed by atoms with van der Waals surface area (Å²) in [4.78, 5) is 8.29. The lowest BCUT2D eigenvalue weighted by Gasteiger charge is -2.44. The van der Waals surface area contributed by atoms with E-state index in [2.05, 4.69) is 30.1 Å². The van der Waals surface area contributed by atoms with Crippen LogP contribution in [0.4, 0.5) is 36.4 Å². The maximum Gasteiger partial charge on any atom is 0.414 e. The number of alkyl halides is 6. The molecule has 2 aliphatic rings. The van der Waals surface area contributed by atoms with Gasteiger partial charge in [0.05, 0.1) is 17.4 Å². The molecule has 3 heterocycles. The summed E-state index contributed by atoms with van der Waals surface area (Å²) >= 11 is 0. The Morgan fingerprint density at radius 2 is 2.03 bits per heavy atom. The minimum Gasteiger partial charge on any atom is -0.433 e. The SMILES string of the molecule is NC1N[C@](CF)(c2cc3c(cc2F)CNC(c2ccc(OC(F)F)cn2)=N3)C[C@@H](C(F)(F)F)O1. The number of ether oxygens (including phenoxy) is 2. The molecule has 184 valence electrons. The average Bonchev–Trinajstić information content (AvgIpc) is 2.77. The Labute approximate surface area is 188 Å². The molecule has 0 radical (unpaired) electrons. The third kappa shape index (κ3) is 4.79. The molecule has 7 nitrogen and oxygen atoms in total. The molecule has 2 aromatic rings. The highest BCUT2D eigenvalue weighted by Crippen LogP contribution is 2.41. The normalized spacial score (nSPS) is 24.9. The van der Waals surface area contributed by atoms with Gasteiger partial charge in [-0.1, -0.05) is 0 Å². The van der Waals surface area contributed by atoms with E-state index in [1.165, 1.54) is 12.1 Å². The molecule has 0 bridgehead atoms. The van der Waals surface area contributed by atoms with Crippen molar-refractivity contribution in [3.63, 3.8) is 0 Å². The number of nitrogens with two attached hydrogens (primary N) is 1. The molecule has 1 aromatic carbocycles. The van der Waals surface area contributed by atoms with E-state index >= 15 is 0 Å². The van der Waals surface area contributed by atoms with Crippen LogP contribution in [0, 0.1) is 5.82 Å². The highest BCUT2D eigenvalue weighted by molar-refractivity contribution is 5.99. The van der Waals surface area contributed by atoms with Gasteiger partial charge in [0.25, 0.3) is 0 Å². The monoisotopic (exact) mass is 493 g/mol. The number of amidine groups is 1. The van der Waals surface area contributed by atoms with Gasteiger partial charge in [0, 0.05) is 18.5 Å². The first-order valence-corrected chi connectivity index (χ1v) is 9.89. The second-order valence-electron chi connectivity index (χ2n) is 7.68. The van der Waals surface area contributed by atoms with E-state index in [4.69, 9.17) is 5.73 Å². The molecule has 0 spiro atoms. The molecule has 1 fully saturated rings. The van der Waals surface area contributed by atoms with Gasteiger partial charge < -0.3 is 14.8 Å². The number of aliphatic imine (C=N–C) groups is 1. The molecule has 2 aliphatic heterocycles. The first-order valence-electron chi connectivity index (χ1n) is 9.89. The number of pyridine rings is 1. The number of fused-ring (bicyclic) bond motifs is 1. The molecule has 4 N–H and O–H groups in total. The number of rotatable bonds is 5. The molecular formula is C20H18F7N5O2. The third-order valence-electron chi connectivity index (χ3n) is 5.42. The average molecular weight is 493 g/mol. The number of nitrogens with one attached hydrogen (secondary N) is 2. The summed E-state index contributed by atoms with van der Waals surface area (Å²) < 4.78 is 103. The molecule has 14 heteroatoms. The zero-order valence-electron chi connectivity index (χ0n) is 17.2. The van der Waals surface area contributed by atoms with E-state index in [9.17, 15) is 30.7 Å². The summed E-state index contributed by atoms with van der Waals surface area (Å²) in [5, 5.41) is 5.29. The maximum atomic E-state index is 15.0. The van der Waals surface area contributed by atoms with Crippen LogP contribution in [0.5, 0.6) is 5.75 Å². The van der Waals surface area contributed by atoms with E-state index in [1.807, 2.05) is 0 Å². The molecule has 0 amide bonds. The van der Waals surface area contributed by atoms with Crippen molar-refractivity contribution in [1.29, 1.82) is 0 Å². The van der Waals surface area contributed by atoms with E-state index in [-0.39, 0.29) is 35.1 Å². The Balaban J connectivity index is 1.70. The highest BCUT2D eigenvalue weighted by Gasteiger charge is 2.52. The van der Waals surface area contributed by atoms with Crippen LogP contribution in [0.25, 0.3) is 0 Å². The molecule has 34 heavy (non-hydrogen) atoms. The van der Waals surface area contributed by atoms with Crippen molar-refractivity contribution >= 4 is 11.5 Å². The lowest BCUT2D eigenvalue weighted by Crippen LogP contribution is -2.63. The van der Waals surface area contributed by atoms with Crippen LogP contribution < -0.4 is 21.1 Å². The first kappa shape index (κ1) is 24.2. The Bertz CT molecular complexity index is 1080. The molecule has 1 aromatic heterocycles. The van der Waals surface area contributed by atoms with Crippen molar-refractivity contribution in [2.45, 2.75) is 43.7 Å². The van der Waals surface area contributed by atoms with Gasteiger partial charge >= 0.3 is 12.8 Å². The zero-order chi connectivity index (χ0) is 24.7. The van der Waals surface area contributed by atoms with E-state index in [0.29, 0.717) is 5.56 Å². The molecule has 1 saturated heterocycles. The number of aromatic nitrogens is 1. The quantitative estimate of drug-likeness (QED) is 0.554. The Kier molecular flexibility index (Phi) is 6.40. The Hall–Kier alpha value is -2.97. The molecule has 0 saturated carbocycles. The van der Waals surface area contributed by atoms with E-state index < -0.39 is 49.7 Å².